The minimum atomic E-state index is -1.10. The van der Waals surface area contributed by atoms with Crippen LogP contribution in [-0.4, -0.2) is 28.6 Å². The summed E-state index contributed by atoms with van der Waals surface area (Å²) in [6.07, 6.45) is 3.15. The van der Waals surface area contributed by atoms with Gasteiger partial charge in [-0.1, -0.05) is 13.8 Å². The van der Waals surface area contributed by atoms with Crippen LogP contribution in [0.4, 0.5) is 0 Å². The van der Waals surface area contributed by atoms with E-state index in [9.17, 15) is 14.7 Å². The SMILES string of the molecule is CC[C@@H](N)C(=O)NC1(C(=O)O)CCC(C)CC1. The Kier molecular flexibility index (Phi) is 4.51. The van der Waals surface area contributed by atoms with E-state index in [4.69, 9.17) is 5.73 Å². The van der Waals surface area contributed by atoms with Crippen molar-refractivity contribution in [3.63, 3.8) is 0 Å². The predicted molar refractivity (Wildman–Crippen MR) is 64.4 cm³/mol. The van der Waals surface area contributed by atoms with E-state index in [2.05, 4.69) is 12.2 Å². The maximum atomic E-state index is 11.7. The second-order valence-corrected chi connectivity index (χ2v) is 5.07. The molecule has 0 aromatic carbocycles. The van der Waals surface area contributed by atoms with E-state index < -0.39 is 17.6 Å². The first-order chi connectivity index (χ1) is 7.91. The fourth-order valence-corrected chi connectivity index (χ4v) is 2.16. The van der Waals surface area contributed by atoms with E-state index in [0.29, 0.717) is 25.2 Å². The van der Waals surface area contributed by atoms with Crippen molar-refractivity contribution in [2.24, 2.45) is 11.7 Å². The normalized spacial score (nSPS) is 30.6. The number of nitrogens with two attached hydrogens (primary N) is 1. The summed E-state index contributed by atoms with van der Waals surface area (Å²) in [5.41, 5.74) is 4.51. The summed E-state index contributed by atoms with van der Waals surface area (Å²) in [5, 5.41) is 12.0. The smallest absolute Gasteiger partial charge is 0.329 e. The molecule has 1 atom stereocenters. The monoisotopic (exact) mass is 242 g/mol. The highest BCUT2D eigenvalue weighted by atomic mass is 16.4. The number of carboxylic acid groups (broad SMARTS) is 1. The highest BCUT2D eigenvalue weighted by Gasteiger charge is 2.42. The number of aliphatic carboxylic acids is 1. The molecule has 0 aromatic rings. The van der Waals surface area contributed by atoms with Crippen LogP contribution in [0.5, 0.6) is 0 Å². The summed E-state index contributed by atoms with van der Waals surface area (Å²) in [6, 6.07) is -0.620. The van der Waals surface area contributed by atoms with Crippen molar-refractivity contribution >= 4 is 11.9 Å². The molecular weight excluding hydrogens is 220 g/mol. The molecule has 4 N–H and O–H groups in total. The molecule has 0 bridgehead atoms. The van der Waals surface area contributed by atoms with Gasteiger partial charge in [0.1, 0.15) is 5.54 Å². The van der Waals surface area contributed by atoms with E-state index in [1.54, 1.807) is 6.92 Å². The van der Waals surface area contributed by atoms with Crippen molar-refractivity contribution in [3.8, 4) is 0 Å². The molecule has 0 unspecified atom stereocenters. The van der Waals surface area contributed by atoms with Gasteiger partial charge in [-0.3, -0.25) is 4.79 Å². The molecule has 0 aromatic heterocycles. The number of carbonyl (C=O) groups excluding carboxylic acids is 1. The molecule has 1 fully saturated rings. The Hall–Kier alpha value is -1.10. The van der Waals surface area contributed by atoms with Crippen molar-refractivity contribution in [2.75, 3.05) is 0 Å². The van der Waals surface area contributed by atoms with Gasteiger partial charge < -0.3 is 16.2 Å². The molecule has 0 saturated heterocycles. The van der Waals surface area contributed by atoms with Crippen LogP contribution in [0.3, 0.4) is 0 Å². The van der Waals surface area contributed by atoms with Gasteiger partial charge >= 0.3 is 5.97 Å². The molecule has 0 spiro atoms. The van der Waals surface area contributed by atoms with Gasteiger partial charge in [0, 0.05) is 0 Å². The number of amides is 1. The maximum Gasteiger partial charge on any atom is 0.329 e. The first-order valence-corrected chi connectivity index (χ1v) is 6.22. The second-order valence-electron chi connectivity index (χ2n) is 5.07. The van der Waals surface area contributed by atoms with E-state index in [1.165, 1.54) is 0 Å². The van der Waals surface area contributed by atoms with Crippen LogP contribution in [0.25, 0.3) is 0 Å². The molecule has 5 heteroatoms. The molecule has 1 rings (SSSR count). The lowest BCUT2D eigenvalue weighted by Gasteiger charge is -2.37. The minimum Gasteiger partial charge on any atom is -0.480 e. The van der Waals surface area contributed by atoms with Crippen LogP contribution >= 0.6 is 0 Å². The van der Waals surface area contributed by atoms with Crippen molar-refractivity contribution in [3.05, 3.63) is 0 Å². The number of rotatable bonds is 4. The van der Waals surface area contributed by atoms with Gasteiger partial charge in [-0.25, -0.2) is 4.79 Å². The maximum absolute atomic E-state index is 11.7. The Morgan fingerprint density at radius 2 is 2.00 bits per heavy atom. The number of hydrogen-bond donors (Lipinski definition) is 3. The summed E-state index contributed by atoms with van der Waals surface area (Å²) in [4.78, 5) is 23.1. The van der Waals surface area contributed by atoms with E-state index >= 15 is 0 Å². The molecule has 1 aliphatic carbocycles. The minimum absolute atomic E-state index is 0.357. The highest BCUT2D eigenvalue weighted by Crippen LogP contribution is 2.32. The lowest BCUT2D eigenvalue weighted by Crippen LogP contribution is -2.59. The molecule has 5 nitrogen and oxygen atoms in total. The van der Waals surface area contributed by atoms with Gasteiger partial charge in [-0.2, -0.15) is 0 Å². The van der Waals surface area contributed by atoms with Gasteiger partial charge in [-0.15, -0.1) is 0 Å². The summed E-state index contributed by atoms with van der Waals surface area (Å²) in [6.45, 7) is 3.91. The average molecular weight is 242 g/mol. The third-order valence-corrected chi connectivity index (χ3v) is 3.68. The molecule has 0 radical (unpaired) electrons. The molecule has 1 amide bonds. The third kappa shape index (κ3) is 3.19. The largest absolute Gasteiger partial charge is 0.480 e. The molecule has 0 heterocycles. The van der Waals surface area contributed by atoms with Gasteiger partial charge in [0.05, 0.1) is 6.04 Å². The summed E-state index contributed by atoms with van der Waals surface area (Å²) in [5.74, 6) is -0.773. The van der Waals surface area contributed by atoms with Gasteiger partial charge in [0.15, 0.2) is 0 Å². The number of hydrogen-bond acceptors (Lipinski definition) is 3. The fourth-order valence-electron chi connectivity index (χ4n) is 2.16. The highest BCUT2D eigenvalue weighted by molar-refractivity contribution is 5.89. The third-order valence-electron chi connectivity index (χ3n) is 3.68. The van der Waals surface area contributed by atoms with Crippen molar-refractivity contribution in [1.29, 1.82) is 0 Å². The van der Waals surface area contributed by atoms with E-state index in [1.807, 2.05) is 0 Å². The first-order valence-electron chi connectivity index (χ1n) is 6.22. The van der Waals surface area contributed by atoms with Crippen LogP contribution < -0.4 is 11.1 Å². The topological polar surface area (TPSA) is 92.4 Å². The average Bonchev–Trinajstić information content (AvgIpc) is 2.30. The Bertz CT molecular complexity index is 296. The Morgan fingerprint density at radius 3 is 2.41 bits per heavy atom. The van der Waals surface area contributed by atoms with Crippen molar-refractivity contribution < 1.29 is 14.7 Å². The molecule has 17 heavy (non-hydrogen) atoms. The zero-order valence-corrected chi connectivity index (χ0v) is 10.5. The van der Waals surface area contributed by atoms with Crippen molar-refractivity contribution in [1.82, 2.24) is 5.32 Å². The molecular formula is C12H22N2O3. The second kappa shape index (κ2) is 5.49. The Morgan fingerprint density at radius 1 is 1.47 bits per heavy atom. The molecule has 1 aliphatic rings. The number of nitrogens with one attached hydrogen (secondary N) is 1. The Balaban J connectivity index is 2.73. The zero-order chi connectivity index (χ0) is 13.1. The first kappa shape index (κ1) is 14.0. The quantitative estimate of drug-likeness (QED) is 0.682. The fraction of sp³-hybridized carbons (Fsp3) is 0.833. The van der Waals surface area contributed by atoms with Crippen molar-refractivity contribution in [2.45, 2.75) is 57.5 Å². The summed E-state index contributed by atoms with van der Waals surface area (Å²) in [7, 11) is 0. The summed E-state index contributed by atoms with van der Waals surface area (Å²) >= 11 is 0. The van der Waals surface area contributed by atoms with Crippen LogP contribution in [-0.2, 0) is 9.59 Å². The summed E-state index contributed by atoms with van der Waals surface area (Å²) < 4.78 is 0. The number of carboxylic acids is 1. The van der Waals surface area contributed by atoms with E-state index in [0.717, 1.165) is 12.8 Å². The van der Waals surface area contributed by atoms with Gasteiger partial charge in [-0.05, 0) is 38.0 Å². The van der Waals surface area contributed by atoms with Gasteiger partial charge in [0.25, 0.3) is 0 Å². The van der Waals surface area contributed by atoms with Crippen LogP contribution in [0, 0.1) is 5.92 Å². The van der Waals surface area contributed by atoms with Crippen LogP contribution in [0.1, 0.15) is 46.0 Å². The molecule has 0 aliphatic heterocycles. The van der Waals surface area contributed by atoms with E-state index in [-0.39, 0.29) is 5.91 Å². The molecule has 98 valence electrons. The predicted octanol–water partition coefficient (Wildman–Crippen LogP) is 0.873. The lowest BCUT2D eigenvalue weighted by molar-refractivity contribution is -0.149. The molecule has 1 saturated carbocycles. The van der Waals surface area contributed by atoms with Crippen LogP contribution in [0.2, 0.25) is 0 Å². The van der Waals surface area contributed by atoms with Gasteiger partial charge in [0.2, 0.25) is 5.91 Å². The number of carbonyl (C=O) groups is 2. The Labute approximate surface area is 102 Å². The zero-order valence-electron chi connectivity index (χ0n) is 10.5. The van der Waals surface area contributed by atoms with Crippen LogP contribution in [0.15, 0.2) is 0 Å². The lowest BCUT2D eigenvalue weighted by atomic mass is 9.77. The standard InChI is InChI=1S/C12H22N2O3/c1-3-9(13)10(15)14-12(11(16)17)6-4-8(2)5-7-12/h8-9H,3-7,13H2,1-2H3,(H,14,15)(H,16,17)/t8?,9-,12?/m1/s1.